The van der Waals surface area contributed by atoms with E-state index in [1.54, 1.807) is 24.0 Å². The predicted octanol–water partition coefficient (Wildman–Crippen LogP) is 1.76. The molecule has 18 heteroatoms. The van der Waals surface area contributed by atoms with Crippen molar-refractivity contribution in [3.63, 3.8) is 0 Å². The highest BCUT2D eigenvalue weighted by atomic mass is 16.6. The summed E-state index contributed by atoms with van der Waals surface area (Å²) in [7, 11) is 0. The summed E-state index contributed by atoms with van der Waals surface area (Å²) in [5, 5.41) is 6.35. The number of benzene rings is 1. The summed E-state index contributed by atoms with van der Waals surface area (Å²) in [5.41, 5.74) is 1.20. The van der Waals surface area contributed by atoms with E-state index in [-0.39, 0.29) is 101 Å². The van der Waals surface area contributed by atoms with Gasteiger partial charge < -0.3 is 49.2 Å². The summed E-state index contributed by atoms with van der Waals surface area (Å²) in [6.07, 6.45) is 2.93. The Morgan fingerprint density at radius 1 is 0.947 bits per heavy atom. The molecule has 4 aliphatic rings. The molecule has 4 fully saturated rings. The number of carbonyl (C=O) groups is 7. The van der Waals surface area contributed by atoms with E-state index in [9.17, 15) is 33.6 Å². The van der Waals surface area contributed by atoms with Crippen LogP contribution in [0.4, 0.5) is 9.59 Å². The van der Waals surface area contributed by atoms with Crippen LogP contribution in [0, 0.1) is 6.92 Å². The lowest BCUT2D eigenvalue weighted by Gasteiger charge is -2.36. The minimum absolute atomic E-state index is 0.0630. The minimum Gasteiger partial charge on any atom is -0.483 e. The average molecular weight is 794 g/mol. The summed E-state index contributed by atoms with van der Waals surface area (Å²) >= 11 is 0. The molecule has 1 aromatic carbocycles. The van der Waals surface area contributed by atoms with Gasteiger partial charge in [-0.3, -0.25) is 24.0 Å². The molecule has 1 aliphatic carbocycles. The number of nitrogens with one attached hydrogen (secondary N) is 2. The number of cyclic esters (lactones) is 1. The Morgan fingerprint density at radius 3 is 2.42 bits per heavy atom. The fourth-order valence-corrected chi connectivity index (χ4v) is 7.22. The second-order valence-corrected chi connectivity index (χ2v) is 14.6. The summed E-state index contributed by atoms with van der Waals surface area (Å²) in [4.78, 5) is 102. The number of hydrogen-bond acceptors (Lipinski definition) is 12. The van der Waals surface area contributed by atoms with Crippen LogP contribution in [-0.4, -0.2) is 157 Å². The molecule has 1 aromatic heterocycles. The number of piperazine rings is 1. The van der Waals surface area contributed by atoms with E-state index < -0.39 is 42.1 Å². The molecule has 3 saturated heterocycles. The Labute approximate surface area is 330 Å². The molecule has 1 saturated carbocycles. The van der Waals surface area contributed by atoms with Crippen LogP contribution < -0.4 is 15.4 Å². The van der Waals surface area contributed by atoms with Gasteiger partial charge >= 0.3 is 18.2 Å². The van der Waals surface area contributed by atoms with Crippen LogP contribution in [0.3, 0.4) is 0 Å². The van der Waals surface area contributed by atoms with Crippen LogP contribution in [-0.2, 0) is 33.4 Å². The van der Waals surface area contributed by atoms with Gasteiger partial charge in [0.1, 0.15) is 36.7 Å². The summed E-state index contributed by atoms with van der Waals surface area (Å²) < 4.78 is 21.4. The first-order chi connectivity index (χ1) is 27.5. The number of aryl methyl sites for hydroxylation is 1. The third kappa shape index (κ3) is 10.4. The number of hydrogen-bond donors (Lipinski definition) is 2. The first-order valence-corrected chi connectivity index (χ1v) is 19.7. The molecular formula is C39H51N7O11. The van der Waals surface area contributed by atoms with Crippen LogP contribution in [0.1, 0.15) is 67.9 Å². The molecule has 2 aromatic rings. The van der Waals surface area contributed by atoms with Gasteiger partial charge in [0.25, 0.3) is 11.8 Å². The van der Waals surface area contributed by atoms with Crippen molar-refractivity contribution in [3.05, 3.63) is 35.5 Å². The van der Waals surface area contributed by atoms with E-state index in [1.165, 1.54) is 20.8 Å². The molecule has 6 amide bonds. The summed E-state index contributed by atoms with van der Waals surface area (Å²) in [5.74, 6) is -2.09. The fourth-order valence-electron chi connectivity index (χ4n) is 7.22. The Hall–Kier alpha value is -5.68. The topological polar surface area (TPSA) is 206 Å². The van der Waals surface area contributed by atoms with Crippen molar-refractivity contribution in [2.45, 2.75) is 76.9 Å². The van der Waals surface area contributed by atoms with Crippen molar-refractivity contribution in [1.82, 2.24) is 35.2 Å². The maximum absolute atomic E-state index is 14.0. The number of aromatic nitrogens is 1. The molecule has 0 bridgehead atoms. The second-order valence-electron chi connectivity index (χ2n) is 14.6. The Morgan fingerprint density at radius 2 is 1.72 bits per heavy atom. The van der Waals surface area contributed by atoms with Gasteiger partial charge in [-0.15, -0.1) is 0 Å². The lowest BCUT2D eigenvalue weighted by atomic mass is 9.93. The van der Waals surface area contributed by atoms with Crippen LogP contribution in [0.15, 0.2) is 24.3 Å². The Kier molecular flexibility index (Phi) is 13.6. The average Bonchev–Trinajstić information content (AvgIpc) is 3.85. The van der Waals surface area contributed by atoms with E-state index in [4.69, 9.17) is 18.9 Å². The third-order valence-corrected chi connectivity index (χ3v) is 10.7. The van der Waals surface area contributed by atoms with E-state index in [0.717, 1.165) is 24.8 Å². The zero-order valence-electron chi connectivity index (χ0n) is 32.5. The molecule has 2 atom stereocenters. The monoisotopic (exact) mass is 793 g/mol. The number of carbonyl (C=O) groups excluding carboxylic acids is 7. The maximum Gasteiger partial charge on any atom is 0.410 e. The number of rotatable bonds is 15. The van der Waals surface area contributed by atoms with Crippen LogP contribution >= 0.6 is 0 Å². The quantitative estimate of drug-likeness (QED) is 0.196. The van der Waals surface area contributed by atoms with Gasteiger partial charge in [0.15, 0.2) is 6.61 Å². The zero-order chi connectivity index (χ0) is 40.5. The maximum atomic E-state index is 14.0. The highest BCUT2D eigenvalue weighted by Gasteiger charge is 2.36. The van der Waals surface area contributed by atoms with Gasteiger partial charge in [-0.05, 0) is 70.1 Å². The first kappa shape index (κ1) is 41.0. The van der Waals surface area contributed by atoms with Crippen LogP contribution in [0.5, 0.6) is 5.75 Å². The molecule has 2 N–H and O–H groups in total. The highest BCUT2D eigenvalue weighted by Crippen LogP contribution is 2.28. The SMILES string of the molecule is CCOC(=O)N1CCN(C(=O)C(CCC(=O)OCCN2CCOC2=O)NC(=O)c2cc(OCC(=O)N3CCCC3C(=O)NC3CCC3)c3ccc(C)cc3n2)CC1. The molecule has 308 valence electrons. The normalized spacial score (nSPS) is 18.8. The zero-order valence-corrected chi connectivity index (χ0v) is 32.5. The smallest absolute Gasteiger partial charge is 0.410 e. The molecule has 6 rings (SSSR count). The molecule has 4 heterocycles. The number of nitrogens with zero attached hydrogens (tertiary/aromatic N) is 5. The number of pyridine rings is 1. The number of fused-ring (bicyclic) bond motifs is 1. The molecule has 0 spiro atoms. The van der Waals surface area contributed by atoms with Crippen molar-refractivity contribution < 1.29 is 52.5 Å². The van der Waals surface area contributed by atoms with Crippen molar-refractivity contribution in [1.29, 1.82) is 0 Å². The lowest BCUT2D eigenvalue weighted by Crippen LogP contribution is -2.56. The van der Waals surface area contributed by atoms with Crippen LogP contribution in [0.25, 0.3) is 10.9 Å². The molecule has 0 radical (unpaired) electrons. The van der Waals surface area contributed by atoms with Crippen molar-refractivity contribution >= 4 is 52.7 Å². The Bertz CT molecular complexity index is 1850. The molecular weight excluding hydrogens is 742 g/mol. The van der Waals surface area contributed by atoms with Crippen molar-refractivity contribution in [2.24, 2.45) is 0 Å². The standard InChI is InChI=1S/C39H51N7O11/c1-3-54-38(52)44-16-14-43(15-17-44)37(51)28(11-12-34(48)55-20-18-45-19-21-56-39(45)53)42-35(49)30-23-32(27-10-9-25(2)22-29(27)41-30)57-24-33(47)46-13-5-8-31(46)36(50)40-26-6-4-7-26/h9-10,22-23,26,28,31H,3-8,11-21,24H2,1-2H3,(H,40,50)(H,42,49). The van der Waals surface area contributed by atoms with E-state index in [1.807, 2.05) is 13.0 Å². The van der Waals surface area contributed by atoms with Gasteiger partial charge in [0, 0.05) is 56.6 Å². The molecule has 57 heavy (non-hydrogen) atoms. The molecule has 2 unspecified atom stereocenters. The molecule has 3 aliphatic heterocycles. The predicted molar refractivity (Wildman–Crippen MR) is 202 cm³/mol. The van der Waals surface area contributed by atoms with Gasteiger partial charge in [-0.25, -0.2) is 14.6 Å². The van der Waals surface area contributed by atoms with Gasteiger partial charge in [0.05, 0.1) is 25.2 Å². The summed E-state index contributed by atoms with van der Waals surface area (Å²) in [6, 6.07) is 5.22. The highest BCUT2D eigenvalue weighted by molar-refractivity contribution is 5.99. The first-order valence-electron chi connectivity index (χ1n) is 19.7. The largest absolute Gasteiger partial charge is 0.483 e. The third-order valence-electron chi connectivity index (χ3n) is 10.7. The second kappa shape index (κ2) is 19.0. The van der Waals surface area contributed by atoms with Gasteiger partial charge in [0.2, 0.25) is 11.8 Å². The fraction of sp³-hybridized carbons (Fsp3) is 0.590. The molecule has 18 nitrogen and oxygen atoms in total. The number of likely N-dealkylation sites (tertiary alicyclic amines) is 1. The summed E-state index contributed by atoms with van der Waals surface area (Å²) in [6.45, 7) is 5.41. The lowest BCUT2D eigenvalue weighted by molar-refractivity contribution is -0.144. The number of ether oxygens (including phenoxy) is 4. The number of amides is 6. The van der Waals surface area contributed by atoms with E-state index in [2.05, 4.69) is 15.6 Å². The van der Waals surface area contributed by atoms with Crippen LogP contribution in [0.2, 0.25) is 0 Å². The van der Waals surface area contributed by atoms with Crippen molar-refractivity contribution in [2.75, 3.05) is 72.2 Å². The van der Waals surface area contributed by atoms with E-state index in [0.29, 0.717) is 36.8 Å². The van der Waals surface area contributed by atoms with Gasteiger partial charge in [-0.1, -0.05) is 6.07 Å². The van der Waals surface area contributed by atoms with Crippen molar-refractivity contribution in [3.8, 4) is 5.75 Å². The Balaban J connectivity index is 1.14. The van der Waals surface area contributed by atoms with Gasteiger partial charge in [-0.2, -0.15) is 0 Å². The minimum atomic E-state index is -1.17. The number of esters is 1. The van der Waals surface area contributed by atoms with E-state index >= 15 is 0 Å².